The van der Waals surface area contributed by atoms with Gasteiger partial charge in [-0.05, 0) is 6.92 Å². The van der Waals surface area contributed by atoms with Crippen molar-refractivity contribution in [2.24, 2.45) is 18.0 Å². The van der Waals surface area contributed by atoms with E-state index in [1.54, 1.807) is 10.9 Å². The van der Waals surface area contributed by atoms with E-state index in [0.29, 0.717) is 5.92 Å². The van der Waals surface area contributed by atoms with Crippen LogP contribution in [0.3, 0.4) is 0 Å². The van der Waals surface area contributed by atoms with Gasteiger partial charge >= 0.3 is 0 Å². The molecule has 0 atom stereocenters. The van der Waals surface area contributed by atoms with E-state index >= 15 is 0 Å². The summed E-state index contributed by atoms with van der Waals surface area (Å²) in [6.45, 7) is 7.08. The number of rotatable bonds is 3. The summed E-state index contributed by atoms with van der Waals surface area (Å²) in [7, 11) is 1.91. The zero-order chi connectivity index (χ0) is 10.6. The number of nitrogens with zero attached hydrogens (tertiary/aromatic N) is 3. The lowest BCUT2D eigenvalue weighted by molar-refractivity contribution is 0.773. The van der Waals surface area contributed by atoms with E-state index in [2.05, 4.69) is 29.3 Å². The van der Waals surface area contributed by atoms with Crippen LogP contribution >= 0.6 is 0 Å². The summed E-state index contributed by atoms with van der Waals surface area (Å²) in [5.74, 6) is 2.40. The van der Waals surface area contributed by atoms with Crippen molar-refractivity contribution in [2.45, 2.75) is 20.8 Å². The smallest absolute Gasteiger partial charge is 0.129 e. The molecule has 0 radical (unpaired) electrons. The maximum Gasteiger partial charge on any atom is 0.129 e. The quantitative estimate of drug-likeness (QED) is 0.590. The van der Waals surface area contributed by atoms with Crippen molar-refractivity contribution in [3.8, 4) is 0 Å². The van der Waals surface area contributed by atoms with Gasteiger partial charge in [0.25, 0.3) is 0 Å². The third kappa shape index (κ3) is 2.58. The Balaban J connectivity index is 2.75. The van der Waals surface area contributed by atoms with Gasteiger partial charge in [0.05, 0.1) is 6.20 Å². The SMILES string of the molecule is CCN=C(Nc1ccnn1C)C(C)C. The molecule has 1 N–H and O–H groups in total. The lowest BCUT2D eigenvalue weighted by atomic mass is 10.2. The summed E-state index contributed by atoms with van der Waals surface area (Å²) in [4.78, 5) is 4.40. The zero-order valence-electron chi connectivity index (χ0n) is 9.28. The minimum absolute atomic E-state index is 0.407. The number of hydrogen-bond donors (Lipinski definition) is 1. The van der Waals surface area contributed by atoms with Crippen LogP contribution in [0.15, 0.2) is 17.3 Å². The fourth-order valence-electron chi connectivity index (χ4n) is 1.16. The van der Waals surface area contributed by atoms with Gasteiger partial charge in [-0.3, -0.25) is 9.67 Å². The normalized spacial score (nSPS) is 12.2. The van der Waals surface area contributed by atoms with Crippen LogP contribution in [0.25, 0.3) is 0 Å². The van der Waals surface area contributed by atoms with Crippen LogP contribution in [0.1, 0.15) is 20.8 Å². The van der Waals surface area contributed by atoms with Gasteiger partial charge in [0.2, 0.25) is 0 Å². The number of nitrogens with one attached hydrogen (secondary N) is 1. The molecule has 0 amide bonds. The number of anilines is 1. The molecule has 0 bridgehead atoms. The number of aryl methyl sites for hydroxylation is 1. The van der Waals surface area contributed by atoms with Crippen LogP contribution in [-0.4, -0.2) is 22.2 Å². The molecule has 14 heavy (non-hydrogen) atoms. The van der Waals surface area contributed by atoms with E-state index in [-0.39, 0.29) is 0 Å². The Hall–Kier alpha value is -1.32. The molecule has 0 aliphatic heterocycles. The van der Waals surface area contributed by atoms with Crippen molar-refractivity contribution in [2.75, 3.05) is 11.9 Å². The maximum absolute atomic E-state index is 4.40. The molecule has 4 nitrogen and oxygen atoms in total. The summed E-state index contributed by atoms with van der Waals surface area (Å²) in [6.07, 6.45) is 1.77. The predicted octanol–water partition coefficient (Wildman–Crippen LogP) is 1.91. The lowest BCUT2D eigenvalue weighted by Gasteiger charge is -2.12. The average Bonchev–Trinajstić information content (AvgIpc) is 2.51. The van der Waals surface area contributed by atoms with Crippen molar-refractivity contribution >= 4 is 11.7 Å². The van der Waals surface area contributed by atoms with Crippen molar-refractivity contribution in [1.29, 1.82) is 0 Å². The van der Waals surface area contributed by atoms with Gasteiger partial charge in [0, 0.05) is 25.6 Å². The fraction of sp³-hybridized carbons (Fsp3) is 0.600. The topological polar surface area (TPSA) is 42.2 Å². The Bertz CT molecular complexity index is 312. The predicted molar refractivity (Wildman–Crippen MR) is 59.6 cm³/mol. The highest BCUT2D eigenvalue weighted by atomic mass is 15.3. The minimum Gasteiger partial charge on any atom is -0.329 e. The summed E-state index contributed by atoms with van der Waals surface area (Å²) < 4.78 is 1.80. The Morgan fingerprint density at radius 1 is 1.64 bits per heavy atom. The minimum atomic E-state index is 0.407. The molecule has 1 rings (SSSR count). The summed E-state index contributed by atoms with van der Waals surface area (Å²) in [6, 6.07) is 1.94. The summed E-state index contributed by atoms with van der Waals surface area (Å²) >= 11 is 0. The molecular weight excluding hydrogens is 176 g/mol. The van der Waals surface area contributed by atoms with Gasteiger partial charge in [0.15, 0.2) is 0 Å². The second-order valence-electron chi connectivity index (χ2n) is 3.48. The van der Waals surface area contributed by atoms with E-state index < -0.39 is 0 Å². The molecule has 0 unspecified atom stereocenters. The average molecular weight is 194 g/mol. The van der Waals surface area contributed by atoms with Gasteiger partial charge in [-0.15, -0.1) is 0 Å². The van der Waals surface area contributed by atoms with Crippen LogP contribution in [0.2, 0.25) is 0 Å². The van der Waals surface area contributed by atoms with Gasteiger partial charge in [-0.2, -0.15) is 5.10 Å². The van der Waals surface area contributed by atoms with Crippen molar-refractivity contribution in [3.05, 3.63) is 12.3 Å². The fourth-order valence-corrected chi connectivity index (χ4v) is 1.16. The summed E-state index contributed by atoms with van der Waals surface area (Å²) in [5.41, 5.74) is 0. The second kappa shape index (κ2) is 4.79. The second-order valence-corrected chi connectivity index (χ2v) is 3.48. The molecule has 0 saturated carbocycles. The Labute approximate surface area is 85.0 Å². The number of amidine groups is 1. The van der Waals surface area contributed by atoms with Crippen LogP contribution in [0.4, 0.5) is 5.82 Å². The molecule has 0 saturated heterocycles. The third-order valence-electron chi connectivity index (χ3n) is 1.95. The Morgan fingerprint density at radius 3 is 2.79 bits per heavy atom. The first-order valence-electron chi connectivity index (χ1n) is 4.94. The van der Waals surface area contributed by atoms with Gasteiger partial charge in [-0.25, -0.2) is 0 Å². The zero-order valence-corrected chi connectivity index (χ0v) is 9.28. The molecule has 0 aliphatic carbocycles. The van der Waals surface area contributed by atoms with Crippen molar-refractivity contribution in [1.82, 2.24) is 9.78 Å². The summed E-state index contributed by atoms with van der Waals surface area (Å²) in [5, 5.41) is 7.37. The van der Waals surface area contributed by atoms with Crippen LogP contribution in [0.5, 0.6) is 0 Å². The standard InChI is InChI=1S/C10H18N4/c1-5-11-10(8(2)3)13-9-6-7-12-14(9)4/h6-8H,5H2,1-4H3,(H,11,13). The number of aliphatic imine (C=N–C) groups is 1. The Morgan fingerprint density at radius 2 is 2.36 bits per heavy atom. The van der Waals surface area contributed by atoms with Crippen LogP contribution < -0.4 is 5.32 Å². The van der Waals surface area contributed by atoms with E-state index in [1.807, 2.05) is 20.0 Å². The molecule has 0 fully saturated rings. The maximum atomic E-state index is 4.40. The molecule has 0 aliphatic rings. The van der Waals surface area contributed by atoms with Crippen LogP contribution in [0, 0.1) is 5.92 Å². The molecule has 1 heterocycles. The van der Waals surface area contributed by atoms with E-state index in [1.165, 1.54) is 0 Å². The molecule has 4 heteroatoms. The van der Waals surface area contributed by atoms with E-state index in [9.17, 15) is 0 Å². The highest BCUT2D eigenvalue weighted by Crippen LogP contribution is 2.07. The first kappa shape index (κ1) is 10.8. The first-order valence-corrected chi connectivity index (χ1v) is 4.94. The number of aromatic nitrogens is 2. The highest BCUT2D eigenvalue weighted by Gasteiger charge is 2.06. The number of hydrogen-bond acceptors (Lipinski definition) is 2. The molecular formula is C10H18N4. The van der Waals surface area contributed by atoms with Gasteiger partial charge < -0.3 is 5.32 Å². The van der Waals surface area contributed by atoms with Crippen LogP contribution in [-0.2, 0) is 7.05 Å². The lowest BCUT2D eigenvalue weighted by Crippen LogP contribution is -2.20. The molecule has 1 aromatic rings. The molecule has 0 aromatic carbocycles. The molecule has 0 spiro atoms. The highest BCUT2D eigenvalue weighted by molar-refractivity contribution is 5.96. The molecule has 1 aromatic heterocycles. The van der Waals surface area contributed by atoms with E-state index in [0.717, 1.165) is 18.2 Å². The molecule has 78 valence electrons. The van der Waals surface area contributed by atoms with Gasteiger partial charge in [0.1, 0.15) is 11.7 Å². The largest absolute Gasteiger partial charge is 0.329 e. The monoisotopic (exact) mass is 194 g/mol. The van der Waals surface area contributed by atoms with Crippen molar-refractivity contribution < 1.29 is 0 Å². The first-order chi connectivity index (χ1) is 6.65. The van der Waals surface area contributed by atoms with E-state index in [4.69, 9.17) is 0 Å². The Kier molecular flexibility index (Phi) is 3.68. The van der Waals surface area contributed by atoms with Gasteiger partial charge in [-0.1, -0.05) is 13.8 Å². The third-order valence-corrected chi connectivity index (χ3v) is 1.95. The van der Waals surface area contributed by atoms with Crippen molar-refractivity contribution in [3.63, 3.8) is 0 Å².